The number of hydrogen-bond acceptors (Lipinski definition) is 3. The number of Topliss-reactive ketones (excluding diaryl/α,β-unsaturated/α-hetero) is 1. The van der Waals surface area contributed by atoms with E-state index in [-0.39, 0.29) is 23.4 Å². The van der Waals surface area contributed by atoms with E-state index in [0.717, 1.165) is 29.7 Å². The Morgan fingerprint density at radius 2 is 1.80 bits per heavy atom. The molecule has 7 atom stereocenters. The molecule has 2 unspecified atom stereocenters. The van der Waals surface area contributed by atoms with Crippen molar-refractivity contribution in [2.75, 3.05) is 0 Å². The van der Waals surface area contributed by atoms with Gasteiger partial charge < -0.3 is 0 Å². The zero-order valence-corrected chi connectivity index (χ0v) is 18.6. The van der Waals surface area contributed by atoms with Crippen molar-refractivity contribution in [3.05, 3.63) is 53.5 Å². The topological polar surface area (TPSA) is 51.2 Å². The first kappa shape index (κ1) is 20.1. The van der Waals surface area contributed by atoms with E-state index in [1.807, 2.05) is 48.7 Å². The average molecular weight is 423 g/mol. The third kappa shape index (κ3) is 2.86. The molecule has 0 amide bonds. The highest BCUT2D eigenvalue weighted by molar-refractivity contribution is 7.88. The van der Waals surface area contributed by atoms with Crippen LogP contribution in [0.4, 0.5) is 0 Å². The molecule has 0 saturated heterocycles. The molecule has 30 heavy (non-hydrogen) atoms. The Balaban J connectivity index is 1.60. The summed E-state index contributed by atoms with van der Waals surface area (Å²) in [7, 11) is -1.26. The Morgan fingerprint density at radius 3 is 2.57 bits per heavy atom. The fourth-order valence-electron chi connectivity index (χ4n) is 7.36. The summed E-state index contributed by atoms with van der Waals surface area (Å²) < 4.78 is 13.1. The van der Waals surface area contributed by atoms with Gasteiger partial charge in [-0.05, 0) is 73.5 Å². The van der Waals surface area contributed by atoms with Crippen LogP contribution in [0.5, 0.6) is 0 Å². The molecule has 3 saturated carbocycles. The molecule has 3 nitrogen and oxygen atoms in total. The van der Waals surface area contributed by atoms with E-state index in [1.54, 1.807) is 0 Å². The standard InChI is InChI=1S/C26H30O3S/c1-25-13-6-9-21(25)19-15-17(16-30(29)18-7-4-3-5-8-18)20-10-11-23(27)24(28)26(20,2)22(19)12-14-25/h3-5,7-8,10-11,16,19-22H,6,9,12-15H2,1-2H3/b17-16-/t19-,20?,21-,22-,25-,26-,30?/m0/s1. The van der Waals surface area contributed by atoms with E-state index >= 15 is 0 Å². The third-order valence-corrected chi connectivity index (χ3v) is 10.1. The minimum absolute atomic E-state index is 0.123. The first-order chi connectivity index (χ1) is 14.3. The van der Waals surface area contributed by atoms with Crippen molar-refractivity contribution in [1.29, 1.82) is 0 Å². The van der Waals surface area contributed by atoms with Crippen molar-refractivity contribution in [1.82, 2.24) is 0 Å². The van der Waals surface area contributed by atoms with Crippen LogP contribution < -0.4 is 0 Å². The Kier molecular flexibility index (Phi) is 4.77. The van der Waals surface area contributed by atoms with Crippen molar-refractivity contribution < 1.29 is 13.8 Å². The number of fused-ring (bicyclic) bond motifs is 5. The van der Waals surface area contributed by atoms with Gasteiger partial charge in [-0.2, -0.15) is 0 Å². The number of rotatable bonds is 2. The van der Waals surface area contributed by atoms with Crippen LogP contribution in [0.15, 0.2) is 58.4 Å². The molecule has 0 spiro atoms. The zero-order valence-electron chi connectivity index (χ0n) is 17.8. The van der Waals surface area contributed by atoms with Crippen molar-refractivity contribution in [3.8, 4) is 0 Å². The second-order valence-corrected chi connectivity index (χ2v) is 11.6. The first-order valence-electron chi connectivity index (χ1n) is 11.3. The largest absolute Gasteiger partial charge is 0.290 e. The lowest BCUT2D eigenvalue weighted by Gasteiger charge is -2.58. The van der Waals surface area contributed by atoms with Crippen LogP contribution in [-0.4, -0.2) is 15.8 Å². The van der Waals surface area contributed by atoms with Gasteiger partial charge in [0, 0.05) is 21.6 Å². The molecule has 0 bridgehead atoms. The monoisotopic (exact) mass is 422 g/mol. The molecule has 4 aliphatic carbocycles. The van der Waals surface area contributed by atoms with Crippen molar-refractivity contribution in [2.45, 2.75) is 57.3 Å². The van der Waals surface area contributed by atoms with E-state index in [4.69, 9.17) is 0 Å². The fraction of sp³-hybridized carbons (Fsp3) is 0.538. The normalized spacial score (nSPS) is 42.5. The molecule has 0 N–H and O–H groups in total. The summed E-state index contributed by atoms with van der Waals surface area (Å²) in [5.74, 6) is 0.510. The zero-order chi connectivity index (χ0) is 21.1. The maximum atomic E-state index is 13.3. The first-order valence-corrected chi connectivity index (χ1v) is 12.5. The molecule has 3 fully saturated rings. The predicted molar refractivity (Wildman–Crippen MR) is 118 cm³/mol. The summed E-state index contributed by atoms with van der Waals surface area (Å²) in [5, 5.41) is 1.89. The Labute approximate surface area is 181 Å². The van der Waals surface area contributed by atoms with Gasteiger partial charge in [0.1, 0.15) is 0 Å². The number of allylic oxidation sites excluding steroid dienone is 3. The molecule has 158 valence electrons. The quantitative estimate of drug-likeness (QED) is 0.612. The Morgan fingerprint density at radius 1 is 1.03 bits per heavy atom. The maximum Gasteiger partial charge on any atom is 0.221 e. The summed E-state index contributed by atoms with van der Waals surface area (Å²) >= 11 is 0. The second-order valence-electron chi connectivity index (χ2n) is 10.3. The van der Waals surface area contributed by atoms with Crippen molar-refractivity contribution in [2.24, 2.45) is 34.5 Å². The molecule has 4 aliphatic rings. The van der Waals surface area contributed by atoms with Crippen LogP contribution in [0.3, 0.4) is 0 Å². The smallest absolute Gasteiger partial charge is 0.221 e. The van der Waals surface area contributed by atoms with Gasteiger partial charge >= 0.3 is 0 Å². The lowest BCUT2D eigenvalue weighted by atomic mass is 9.45. The number of hydrogen-bond donors (Lipinski definition) is 0. The average Bonchev–Trinajstić information content (AvgIpc) is 3.14. The molecular weight excluding hydrogens is 392 g/mol. The number of carbonyl (C=O) groups excluding carboxylic acids is 2. The van der Waals surface area contributed by atoms with Crippen molar-refractivity contribution in [3.63, 3.8) is 0 Å². The van der Waals surface area contributed by atoms with Crippen LogP contribution in [-0.2, 0) is 20.4 Å². The highest BCUT2D eigenvalue weighted by Crippen LogP contribution is 2.65. The van der Waals surface area contributed by atoms with Crippen molar-refractivity contribution >= 4 is 22.4 Å². The minimum Gasteiger partial charge on any atom is -0.290 e. The molecule has 5 rings (SSSR count). The molecular formula is C26H30O3S. The summed E-state index contributed by atoms with van der Waals surface area (Å²) in [4.78, 5) is 26.5. The SMILES string of the molecule is C[C@@]12CCC[C@H]1[C@@H]1C/C(=C/S(=O)c3ccccc3)C3C=CC(=O)C(=O)[C@]3(C)[C@H]1CC2. The number of ketones is 2. The van der Waals surface area contributed by atoms with Gasteiger partial charge in [-0.15, -0.1) is 0 Å². The minimum atomic E-state index is -1.26. The molecule has 0 aliphatic heterocycles. The van der Waals surface area contributed by atoms with E-state index in [1.165, 1.54) is 25.3 Å². The van der Waals surface area contributed by atoms with Gasteiger partial charge in [-0.1, -0.05) is 50.1 Å². The highest BCUT2D eigenvalue weighted by atomic mass is 32.2. The van der Waals surface area contributed by atoms with Crippen LogP contribution >= 0.6 is 0 Å². The van der Waals surface area contributed by atoms with Crippen LogP contribution in [0.25, 0.3) is 0 Å². The Hall–Kier alpha value is -1.81. The summed E-state index contributed by atoms with van der Waals surface area (Å²) in [6, 6.07) is 9.50. The van der Waals surface area contributed by atoms with Crippen LogP contribution in [0.1, 0.15) is 52.4 Å². The fourth-order valence-corrected chi connectivity index (χ4v) is 8.44. The third-order valence-electron chi connectivity index (χ3n) is 8.89. The molecule has 0 radical (unpaired) electrons. The van der Waals surface area contributed by atoms with E-state index in [0.29, 0.717) is 17.3 Å². The van der Waals surface area contributed by atoms with Gasteiger partial charge in [-0.3, -0.25) is 9.59 Å². The predicted octanol–water partition coefficient (Wildman–Crippen LogP) is 5.24. The lowest BCUT2D eigenvalue weighted by Crippen LogP contribution is -2.57. The highest BCUT2D eigenvalue weighted by Gasteiger charge is 2.61. The van der Waals surface area contributed by atoms with E-state index in [2.05, 4.69) is 6.92 Å². The van der Waals surface area contributed by atoms with Gasteiger partial charge in [0.25, 0.3) is 0 Å². The summed E-state index contributed by atoms with van der Waals surface area (Å²) in [6.45, 7) is 4.45. The van der Waals surface area contributed by atoms with E-state index in [9.17, 15) is 13.8 Å². The maximum absolute atomic E-state index is 13.3. The molecule has 1 aromatic rings. The lowest BCUT2D eigenvalue weighted by molar-refractivity contribution is -0.151. The van der Waals surface area contributed by atoms with Crippen LogP contribution in [0.2, 0.25) is 0 Å². The van der Waals surface area contributed by atoms with Gasteiger partial charge in [0.2, 0.25) is 11.6 Å². The van der Waals surface area contributed by atoms with Gasteiger partial charge in [0.05, 0.1) is 10.8 Å². The number of carbonyl (C=O) groups is 2. The summed E-state index contributed by atoms with van der Waals surface area (Å²) in [5.41, 5.74) is 0.742. The Bertz CT molecular complexity index is 977. The van der Waals surface area contributed by atoms with Crippen LogP contribution in [0, 0.1) is 34.5 Å². The van der Waals surface area contributed by atoms with Gasteiger partial charge in [0.15, 0.2) is 0 Å². The molecule has 1 aromatic carbocycles. The number of benzene rings is 1. The molecule has 0 aromatic heterocycles. The molecule has 4 heteroatoms. The summed E-state index contributed by atoms with van der Waals surface area (Å²) in [6.07, 6.45) is 10.2. The second kappa shape index (κ2) is 7.12. The molecule has 0 heterocycles. The van der Waals surface area contributed by atoms with Gasteiger partial charge in [-0.25, -0.2) is 4.21 Å². The van der Waals surface area contributed by atoms with E-state index < -0.39 is 16.2 Å².